The average molecular weight is 749 g/mol. The first kappa shape index (κ1) is 34.9. The number of carbonyl (C=O) groups excluding carboxylic acids is 3. The molecule has 10 fully saturated rings. The van der Waals surface area contributed by atoms with Crippen LogP contribution in [-0.4, -0.2) is 89.4 Å². The van der Waals surface area contributed by atoms with Gasteiger partial charge >= 0.3 is 11.9 Å². The predicted octanol–water partition coefficient (Wildman–Crippen LogP) is 3.22. The summed E-state index contributed by atoms with van der Waals surface area (Å²) in [7, 11) is 0. The standard InChI is InChI=1S/C42H56N2O10/c1-38(2)31-29(46)32(47)40(4)30-21(7-8-25-34(53-38)41(30,31)17-51-36(25)48)15-39(3)33(52-37(49)35-42(39,40)54-35)24-9-10-50-28(24)14-23-12-22-11-20(26-16-43-18-44-26)6-5-19(22)13-27(23)45/h9-10,19-23,25-27,30-35,43-45,47H,5-8,11-18H2,1-4H3/t19-,20+,21-,22+,23-,25+,26+,27-,30+,31-,32-,33+,34+,35-,39+,40+,41-,42-/m1/s1. The second-order valence-corrected chi connectivity index (χ2v) is 20.3. The summed E-state index contributed by atoms with van der Waals surface area (Å²) in [6.45, 7) is 9.81. The van der Waals surface area contributed by atoms with Crippen LogP contribution in [0.4, 0.5) is 0 Å². The highest BCUT2D eigenvalue weighted by molar-refractivity contribution is 5.92. The molecule has 4 N–H and O–H groups in total. The summed E-state index contributed by atoms with van der Waals surface area (Å²) in [6, 6.07) is 2.42. The average Bonchev–Trinajstić information content (AvgIpc) is 3.38. The number of cyclic esters (lactones) is 2. The molecule has 294 valence electrons. The minimum atomic E-state index is -1.42. The lowest BCUT2D eigenvalue weighted by atomic mass is 9.34. The Morgan fingerprint density at radius 3 is 2.48 bits per heavy atom. The Kier molecular flexibility index (Phi) is 7.22. The number of esters is 2. The van der Waals surface area contributed by atoms with Crippen LogP contribution in [0.25, 0.3) is 0 Å². The van der Waals surface area contributed by atoms with Gasteiger partial charge in [0.15, 0.2) is 11.9 Å². The first-order valence-electron chi connectivity index (χ1n) is 20.9. The number of fused-ring (bicyclic) bond motifs is 1. The topological polar surface area (TPSA) is 169 Å². The number of hydrogen-bond acceptors (Lipinski definition) is 12. The highest BCUT2D eigenvalue weighted by atomic mass is 16.7. The Bertz CT molecular complexity index is 1790. The van der Waals surface area contributed by atoms with Crippen LogP contribution in [0.1, 0.15) is 96.5 Å². The van der Waals surface area contributed by atoms with Crippen LogP contribution in [-0.2, 0) is 39.8 Å². The van der Waals surface area contributed by atoms with Crippen LogP contribution in [0.15, 0.2) is 16.7 Å². The number of aliphatic hydroxyl groups is 2. The summed E-state index contributed by atoms with van der Waals surface area (Å²) in [5, 5.41) is 31.2. The highest BCUT2D eigenvalue weighted by Gasteiger charge is 2.92. The lowest BCUT2D eigenvalue weighted by Gasteiger charge is -2.68. The molecule has 11 rings (SSSR count). The fourth-order valence-corrected chi connectivity index (χ4v) is 16.0. The number of hydrogen-bond donors (Lipinski definition) is 4. The molecular formula is C42H56N2O10. The predicted molar refractivity (Wildman–Crippen MR) is 189 cm³/mol. The smallest absolute Gasteiger partial charge is 0.339 e. The van der Waals surface area contributed by atoms with E-state index in [0.717, 1.165) is 38.0 Å². The molecule has 1 aromatic heterocycles. The third-order valence-electron chi connectivity index (χ3n) is 17.8. The number of Topliss-reactive ketones (excluding diaryl/α,β-unsaturated/α-hetero) is 1. The molecule has 5 aliphatic carbocycles. The van der Waals surface area contributed by atoms with E-state index in [0.29, 0.717) is 55.2 Å². The van der Waals surface area contributed by atoms with Crippen LogP contribution < -0.4 is 10.6 Å². The van der Waals surface area contributed by atoms with Crippen LogP contribution in [0, 0.1) is 63.6 Å². The molecule has 0 radical (unpaired) electrons. The fraction of sp³-hybridized carbons (Fsp3) is 0.833. The number of furan rings is 1. The van der Waals surface area contributed by atoms with Gasteiger partial charge in [0, 0.05) is 47.5 Å². The number of ether oxygens (including phenoxy) is 4. The van der Waals surface area contributed by atoms with Crippen molar-refractivity contribution in [2.45, 2.75) is 133 Å². The monoisotopic (exact) mass is 748 g/mol. The van der Waals surface area contributed by atoms with E-state index >= 15 is 0 Å². The normalized spacial score (nSPS) is 55.0. The van der Waals surface area contributed by atoms with Gasteiger partial charge in [-0.1, -0.05) is 13.8 Å². The second-order valence-electron chi connectivity index (χ2n) is 20.3. The number of nitrogens with one attached hydrogen (secondary N) is 2. The number of carbonyl (C=O) groups is 3. The maximum absolute atomic E-state index is 14.8. The molecule has 5 saturated carbocycles. The van der Waals surface area contributed by atoms with Crippen molar-refractivity contribution < 1.29 is 48.0 Å². The van der Waals surface area contributed by atoms with Gasteiger partial charge in [-0.2, -0.15) is 0 Å². The van der Waals surface area contributed by atoms with E-state index < -0.39 is 75.8 Å². The molecule has 6 heterocycles. The Hall–Kier alpha value is -2.35. The van der Waals surface area contributed by atoms with Gasteiger partial charge in [-0.15, -0.1) is 0 Å². The molecule has 5 saturated heterocycles. The van der Waals surface area contributed by atoms with E-state index in [1.165, 1.54) is 12.8 Å². The lowest BCUT2D eigenvalue weighted by Crippen LogP contribution is -2.77. The van der Waals surface area contributed by atoms with Crippen molar-refractivity contribution in [3.05, 3.63) is 23.7 Å². The summed E-state index contributed by atoms with van der Waals surface area (Å²) < 4.78 is 32.2. The molecule has 54 heavy (non-hydrogen) atoms. The fourth-order valence-electron chi connectivity index (χ4n) is 16.0. The summed E-state index contributed by atoms with van der Waals surface area (Å²) in [5.74, 6) is -0.155. The van der Waals surface area contributed by atoms with E-state index in [2.05, 4.69) is 17.6 Å². The Morgan fingerprint density at radius 1 is 0.889 bits per heavy atom. The van der Waals surface area contributed by atoms with Gasteiger partial charge in [-0.25, -0.2) is 4.79 Å². The molecule has 18 atom stereocenters. The van der Waals surface area contributed by atoms with Gasteiger partial charge in [0.05, 0.1) is 35.9 Å². The Morgan fingerprint density at radius 2 is 1.69 bits per heavy atom. The molecule has 12 nitrogen and oxygen atoms in total. The number of rotatable bonds is 4. The van der Waals surface area contributed by atoms with E-state index in [1.807, 2.05) is 26.8 Å². The maximum atomic E-state index is 14.8. The second kappa shape index (κ2) is 11.2. The summed E-state index contributed by atoms with van der Waals surface area (Å²) in [4.78, 5) is 42.3. The third-order valence-corrected chi connectivity index (χ3v) is 17.8. The van der Waals surface area contributed by atoms with Gasteiger partial charge < -0.3 is 44.2 Å². The molecular weight excluding hydrogens is 692 g/mol. The van der Waals surface area contributed by atoms with Gasteiger partial charge in [0.25, 0.3) is 0 Å². The van der Waals surface area contributed by atoms with Crippen molar-refractivity contribution in [2.75, 3.05) is 19.8 Å². The van der Waals surface area contributed by atoms with E-state index in [1.54, 1.807) is 6.26 Å². The van der Waals surface area contributed by atoms with E-state index in [4.69, 9.17) is 23.4 Å². The minimum absolute atomic E-state index is 0.0129. The maximum Gasteiger partial charge on any atom is 0.339 e. The summed E-state index contributed by atoms with van der Waals surface area (Å²) in [6.07, 6.45) is 5.24. The number of ketones is 1. The van der Waals surface area contributed by atoms with Crippen LogP contribution in [0.3, 0.4) is 0 Å². The first-order valence-corrected chi connectivity index (χ1v) is 20.9. The van der Waals surface area contributed by atoms with E-state index in [-0.39, 0.29) is 36.1 Å². The van der Waals surface area contributed by atoms with Crippen LogP contribution >= 0.6 is 0 Å². The van der Waals surface area contributed by atoms with Crippen molar-refractivity contribution in [1.82, 2.24) is 10.6 Å². The van der Waals surface area contributed by atoms with Crippen molar-refractivity contribution in [2.24, 2.45) is 63.6 Å². The minimum Gasteiger partial charge on any atom is -0.469 e. The molecule has 0 unspecified atom stereocenters. The highest BCUT2D eigenvalue weighted by Crippen LogP contribution is 2.82. The van der Waals surface area contributed by atoms with Gasteiger partial charge in [-0.3, -0.25) is 9.59 Å². The Balaban J connectivity index is 0.958. The van der Waals surface area contributed by atoms with Gasteiger partial charge in [0.1, 0.15) is 30.2 Å². The molecule has 5 aliphatic heterocycles. The van der Waals surface area contributed by atoms with Crippen molar-refractivity contribution in [3.8, 4) is 0 Å². The molecule has 1 aromatic rings. The third kappa shape index (κ3) is 4.08. The first-order chi connectivity index (χ1) is 25.8. The van der Waals surface area contributed by atoms with Crippen LogP contribution in [0.5, 0.6) is 0 Å². The van der Waals surface area contributed by atoms with Crippen molar-refractivity contribution in [3.63, 3.8) is 0 Å². The van der Waals surface area contributed by atoms with Crippen molar-refractivity contribution >= 4 is 17.7 Å². The van der Waals surface area contributed by atoms with Crippen LogP contribution in [0.2, 0.25) is 0 Å². The van der Waals surface area contributed by atoms with Crippen molar-refractivity contribution in [1.29, 1.82) is 0 Å². The SMILES string of the molecule is CC1(C)O[C@H]2[C@@H]3CC[C@@H]4C[C@@]5(C)[C@H](c6ccoc6C[C@H]6C[C@@H]7C[C@@H]([C@@H]8CNCN8)CC[C@@H]7C[C@H]6O)OC(=O)[C@H]6O[C@]65[C@]5(C)[C@H](O)C(=O)[C@H]1[C@@]2(COC3=O)[C@@H]45. The zero-order valence-corrected chi connectivity index (χ0v) is 31.9. The zero-order chi connectivity index (χ0) is 37.3. The number of aliphatic hydroxyl groups excluding tert-OH is 2. The molecule has 0 aromatic carbocycles. The quantitative estimate of drug-likeness (QED) is 0.263. The molecule has 2 spiro atoms. The largest absolute Gasteiger partial charge is 0.469 e. The van der Waals surface area contributed by atoms with Gasteiger partial charge in [0.2, 0.25) is 0 Å². The zero-order valence-electron chi connectivity index (χ0n) is 31.9. The molecule has 2 bridgehead atoms. The summed E-state index contributed by atoms with van der Waals surface area (Å²) in [5.41, 5.74) is -4.22. The molecule has 10 aliphatic rings. The molecule has 12 heteroatoms. The lowest BCUT2D eigenvalue weighted by molar-refractivity contribution is -0.266. The van der Waals surface area contributed by atoms with E-state index in [9.17, 15) is 24.6 Å². The number of epoxide rings is 1. The van der Waals surface area contributed by atoms with Gasteiger partial charge in [-0.05, 0) is 107 Å². The summed E-state index contributed by atoms with van der Waals surface area (Å²) >= 11 is 0. The Labute approximate surface area is 316 Å². The molecule has 0 amide bonds.